The van der Waals surface area contributed by atoms with Gasteiger partial charge >= 0.3 is 6.18 Å². The zero-order valence-electron chi connectivity index (χ0n) is 20.1. The molecule has 0 spiro atoms. The minimum Gasteiger partial charge on any atom is -0.496 e. The highest BCUT2D eigenvalue weighted by molar-refractivity contribution is 5.74. The summed E-state index contributed by atoms with van der Waals surface area (Å²) in [6.07, 6.45) is -3.74. The van der Waals surface area contributed by atoms with E-state index in [1.165, 1.54) is 6.07 Å². The van der Waals surface area contributed by atoms with E-state index in [2.05, 4.69) is 13.8 Å². The Labute approximate surface area is 204 Å². The van der Waals surface area contributed by atoms with Gasteiger partial charge in [-0.1, -0.05) is 56.3 Å². The van der Waals surface area contributed by atoms with Crippen LogP contribution in [-0.4, -0.2) is 31.4 Å². The number of benzene rings is 3. The second kappa shape index (κ2) is 10.8. The van der Waals surface area contributed by atoms with Gasteiger partial charge in [-0.15, -0.1) is 0 Å². The summed E-state index contributed by atoms with van der Waals surface area (Å²) in [5.41, 5.74) is 3.58. The highest BCUT2D eigenvalue weighted by Crippen LogP contribution is 2.39. The Morgan fingerprint density at radius 3 is 2.43 bits per heavy atom. The summed E-state index contributed by atoms with van der Waals surface area (Å²) >= 11 is 0. The van der Waals surface area contributed by atoms with Gasteiger partial charge in [0.05, 0.1) is 19.3 Å². The van der Waals surface area contributed by atoms with Gasteiger partial charge in [0.25, 0.3) is 0 Å². The molecule has 0 amide bonds. The Bertz CT molecular complexity index is 1130. The minimum atomic E-state index is -4.44. The molecule has 0 saturated carbocycles. The van der Waals surface area contributed by atoms with E-state index in [-0.39, 0.29) is 25.2 Å². The third kappa shape index (κ3) is 6.04. The van der Waals surface area contributed by atoms with Crippen LogP contribution in [0.15, 0.2) is 66.7 Å². The predicted octanol–water partition coefficient (Wildman–Crippen LogP) is 6.84. The van der Waals surface area contributed by atoms with Crippen molar-refractivity contribution in [2.24, 2.45) is 0 Å². The van der Waals surface area contributed by atoms with Gasteiger partial charge in [0.2, 0.25) is 0 Å². The first-order valence-electron chi connectivity index (χ1n) is 11.7. The largest absolute Gasteiger partial charge is 0.496 e. The molecule has 0 aliphatic carbocycles. The molecule has 1 saturated heterocycles. The van der Waals surface area contributed by atoms with Crippen molar-refractivity contribution < 1.29 is 27.7 Å². The molecule has 3 aromatic rings. The number of halogens is 3. The van der Waals surface area contributed by atoms with E-state index in [0.29, 0.717) is 29.9 Å². The van der Waals surface area contributed by atoms with Gasteiger partial charge in [0, 0.05) is 18.2 Å². The fraction of sp³-hybridized carbons (Fsp3) is 0.357. The summed E-state index contributed by atoms with van der Waals surface area (Å²) in [6, 6.07) is 19.7. The normalized spacial score (nSPS) is 17.1. The molecule has 0 N–H and O–H groups in total. The highest BCUT2D eigenvalue weighted by Gasteiger charge is 2.32. The smallest absolute Gasteiger partial charge is 0.416 e. The number of alkyl halides is 3. The molecule has 1 aliphatic rings. The van der Waals surface area contributed by atoms with Crippen LogP contribution >= 0.6 is 0 Å². The number of hydrogen-bond acceptors (Lipinski definition) is 4. The van der Waals surface area contributed by atoms with Gasteiger partial charge in [-0.05, 0) is 58.9 Å². The van der Waals surface area contributed by atoms with Crippen molar-refractivity contribution in [1.82, 2.24) is 4.90 Å². The van der Waals surface area contributed by atoms with E-state index in [4.69, 9.17) is 14.5 Å². The molecule has 0 radical (unpaired) electrons. The van der Waals surface area contributed by atoms with Crippen molar-refractivity contribution in [1.29, 1.82) is 0 Å². The Morgan fingerprint density at radius 2 is 1.74 bits per heavy atom. The lowest BCUT2D eigenvalue weighted by molar-refractivity contribution is -0.356. The zero-order chi connectivity index (χ0) is 25.0. The molecule has 0 aromatic heterocycles. The van der Waals surface area contributed by atoms with Crippen molar-refractivity contribution in [3.05, 3.63) is 89.0 Å². The Morgan fingerprint density at radius 1 is 0.971 bits per heavy atom. The van der Waals surface area contributed by atoms with Crippen LogP contribution in [0.3, 0.4) is 0 Å². The maximum absolute atomic E-state index is 13.7. The molecule has 0 unspecified atom stereocenters. The first kappa shape index (κ1) is 25.2. The van der Waals surface area contributed by atoms with Gasteiger partial charge < -0.3 is 4.74 Å². The summed E-state index contributed by atoms with van der Waals surface area (Å²) < 4.78 is 46.6. The number of nitrogens with zero attached hydrogens (tertiary/aromatic N) is 1. The Balaban J connectivity index is 1.75. The molecule has 35 heavy (non-hydrogen) atoms. The summed E-state index contributed by atoms with van der Waals surface area (Å²) in [4.78, 5) is 12.5. The second-order valence-corrected chi connectivity index (χ2v) is 9.11. The molecule has 1 fully saturated rings. The van der Waals surface area contributed by atoms with Crippen LogP contribution in [0.2, 0.25) is 0 Å². The monoisotopic (exact) mass is 485 g/mol. The van der Waals surface area contributed by atoms with Gasteiger partial charge in [-0.25, -0.2) is 9.78 Å². The maximum Gasteiger partial charge on any atom is 0.416 e. The molecule has 3 aromatic carbocycles. The molecule has 1 atom stereocenters. The zero-order valence-corrected chi connectivity index (χ0v) is 20.1. The first-order chi connectivity index (χ1) is 16.8. The van der Waals surface area contributed by atoms with Crippen LogP contribution in [-0.2, 0) is 28.9 Å². The van der Waals surface area contributed by atoms with Crippen LogP contribution in [0.25, 0.3) is 11.1 Å². The van der Waals surface area contributed by atoms with Crippen LogP contribution in [0.5, 0.6) is 5.75 Å². The molecule has 0 bridgehead atoms. The van der Waals surface area contributed by atoms with Crippen molar-refractivity contribution in [3.8, 4) is 16.9 Å². The van der Waals surface area contributed by atoms with Gasteiger partial charge in [-0.3, -0.25) is 4.90 Å². The fourth-order valence-electron chi connectivity index (χ4n) is 4.37. The molecule has 7 heteroatoms. The predicted molar refractivity (Wildman–Crippen MR) is 129 cm³/mol. The average Bonchev–Trinajstić information content (AvgIpc) is 2.85. The van der Waals surface area contributed by atoms with Crippen LogP contribution in [0.4, 0.5) is 13.2 Å². The van der Waals surface area contributed by atoms with Crippen LogP contribution in [0, 0.1) is 0 Å². The van der Waals surface area contributed by atoms with E-state index in [0.717, 1.165) is 22.8 Å². The molecule has 1 aliphatic heterocycles. The van der Waals surface area contributed by atoms with Gasteiger partial charge in [0.15, 0.2) is 0 Å². The Hall–Kier alpha value is -2.87. The highest BCUT2D eigenvalue weighted by atomic mass is 19.4. The molecular formula is C28H30F3NO3. The van der Waals surface area contributed by atoms with E-state index in [9.17, 15) is 13.2 Å². The molecule has 1 heterocycles. The maximum atomic E-state index is 13.7. The minimum absolute atomic E-state index is 0.0440. The number of ether oxygens (including phenoxy) is 1. The van der Waals surface area contributed by atoms with Crippen LogP contribution < -0.4 is 4.74 Å². The van der Waals surface area contributed by atoms with Gasteiger partial charge in [-0.2, -0.15) is 13.2 Å². The second-order valence-electron chi connectivity index (χ2n) is 9.11. The lowest BCUT2D eigenvalue weighted by atomic mass is 9.92. The topological polar surface area (TPSA) is 30.9 Å². The number of methoxy groups -OCH3 is 1. The summed E-state index contributed by atoms with van der Waals surface area (Å²) in [5, 5.41) is 0. The fourth-order valence-corrected chi connectivity index (χ4v) is 4.37. The van der Waals surface area contributed by atoms with Crippen molar-refractivity contribution in [2.45, 2.75) is 44.9 Å². The van der Waals surface area contributed by atoms with Crippen molar-refractivity contribution in [2.75, 3.05) is 20.4 Å². The summed E-state index contributed by atoms with van der Waals surface area (Å²) in [7, 11) is 1.57. The standard InChI is InChI=1S/C28H30F3NO3/c1-19(2)21-9-12-27(33-3)26(15-21)25-11-10-23(28(29,30)31)14-22(25)16-32-18-35-34-17-24(32)13-20-7-5-4-6-8-20/h4-12,14-15,19,24H,13,16-18H2,1-3H3/t24-/m0/s1. The Kier molecular flexibility index (Phi) is 7.79. The average molecular weight is 486 g/mol. The molecular weight excluding hydrogens is 455 g/mol. The molecule has 4 nitrogen and oxygen atoms in total. The summed E-state index contributed by atoms with van der Waals surface area (Å²) in [5.74, 6) is 0.884. The third-order valence-electron chi connectivity index (χ3n) is 6.38. The molecule has 186 valence electrons. The van der Waals surface area contributed by atoms with Crippen LogP contribution in [0.1, 0.15) is 42.0 Å². The number of hydrogen-bond donors (Lipinski definition) is 0. The van der Waals surface area contributed by atoms with E-state index < -0.39 is 11.7 Å². The lowest BCUT2D eigenvalue weighted by Crippen LogP contribution is -2.45. The first-order valence-corrected chi connectivity index (χ1v) is 11.7. The van der Waals surface area contributed by atoms with Crippen molar-refractivity contribution >= 4 is 0 Å². The van der Waals surface area contributed by atoms with E-state index in [1.807, 2.05) is 53.4 Å². The van der Waals surface area contributed by atoms with E-state index >= 15 is 0 Å². The third-order valence-corrected chi connectivity index (χ3v) is 6.38. The molecule has 4 rings (SSSR count). The lowest BCUT2D eigenvalue weighted by Gasteiger charge is -2.35. The van der Waals surface area contributed by atoms with E-state index in [1.54, 1.807) is 13.2 Å². The summed E-state index contributed by atoms with van der Waals surface area (Å²) in [6.45, 7) is 4.93. The van der Waals surface area contributed by atoms with Crippen molar-refractivity contribution in [3.63, 3.8) is 0 Å². The number of rotatable bonds is 7. The SMILES string of the molecule is COc1ccc(C(C)C)cc1-c1ccc(C(F)(F)F)cc1CN1COOC[C@@H]1Cc1ccccc1. The van der Waals surface area contributed by atoms with Gasteiger partial charge in [0.1, 0.15) is 12.5 Å². The quantitative estimate of drug-likeness (QED) is 0.343.